The molecular weight excluding hydrogens is 332 g/mol. The first kappa shape index (κ1) is 16.4. The van der Waals surface area contributed by atoms with Gasteiger partial charge in [-0.05, 0) is 30.3 Å². The van der Waals surface area contributed by atoms with Gasteiger partial charge in [0, 0.05) is 18.0 Å². The molecule has 0 aliphatic carbocycles. The molecule has 0 saturated carbocycles. The monoisotopic (exact) mass is 343 g/mol. The van der Waals surface area contributed by atoms with Gasteiger partial charge in [-0.3, -0.25) is 19.6 Å². The average molecular weight is 343 g/mol. The van der Waals surface area contributed by atoms with E-state index in [1.54, 1.807) is 12.1 Å². The number of nitrogens with zero attached hydrogens (tertiary/aromatic N) is 4. The number of hydrogen-bond acceptors (Lipinski definition) is 5. The van der Waals surface area contributed by atoms with E-state index in [1.165, 1.54) is 30.7 Å². The van der Waals surface area contributed by atoms with Crippen molar-refractivity contribution in [1.82, 2.24) is 19.7 Å². The predicted octanol–water partition coefficient (Wildman–Crippen LogP) is 1.73. The molecule has 0 spiro atoms. The van der Waals surface area contributed by atoms with Crippen molar-refractivity contribution < 1.29 is 13.6 Å². The third-order valence-corrected chi connectivity index (χ3v) is 3.37. The van der Waals surface area contributed by atoms with E-state index < -0.39 is 17.9 Å². The molecule has 2 N–H and O–H groups in total. The van der Waals surface area contributed by atoms with Gasteiger partial charge in [-0.15, -0.1) is 0 Å². The normalized spacial score (nSPS) is 10.8. The summed E-state index contributed by atoms with van der Waals surface area (Å²) in [5.41, 5.74) is 4.75. The second-order valence-electron chi connectivity index (χ2n) is 5.01. The first-order chi connectivity index (χ1) is 12.0. The maximum absolute atomic E-state index is 12.6. The van der Waals surface area contributed by atoms with Crippen LogP contribution in [0, 0.1) is 0 Å². The Morgan fingerprint density at radius 1 is 1.20 bits per heavy atom. The number of carbonyl (C=O) groups is 1. The van der Waals surface area contributed by atoms with E-state index >= 15 is 0 Å². The minimum Gasteiger partial charge on any atom is -0.365 e. The Morgan fingerprint density at radius 3 is 2.56 bits per heavy atom. The molecule has 3 heterocycles. The number of halogens is 2. The number of primary amides is 1. The van der Waals surface area contributed by atoms with Crippen LogP contribution in [0.3, 0.4) is 0 Å². The van der Waals surface area contributed by atoms with Crippen molar-refractivity contribution in [3.63, 3.8) is 0 Å². The molecule has 1 amide bonds. The lowest BCUT2D eigenvalue weighted by Gasteiger charge is -2.09. The van der Waals surface area contributed by atoms with Crippen LogP contribution in [0.5, 0.6) is 0 Å². The SMILES string of the molecule is NC(=O)c1cc(-c2ccc(C(F)F)nc2)nn(-c2cccnc2)c1=O. The molecule has 0 saturated heterocycles. The van der Waals surface area contributed by atoms with E-state index in [0.717, 1.165) is 10.7 Å². The Balaban J connectivity index is 2.19. The molecule has 3 aromatic heterocycles. The lowest BCUT2D eigenvalue weighted by molar-refractivity contribution is 0.0998. The zero-order chi connectivity index (χ0) is 18.0. The average Bonchev–Trinajstić information content (AvgIpc) is 2.62. The Hall–Kier alpha value is -3.49. The van der Waals surface area contributed by atoms with Crippen molar-refractivity contribution in [2.24, 2.45) is 5.73 Å². The van der Waals surface area contributed by atoms with Crippen molar-refractivity contribution in [2.75, 3.05) is 0 Å². The second kappa shape index (κ2) is 6.56. The number of hydrogen-bond donors (Lipinski definition) is 1. The Labute approximate surface area is 139 Å². The van der Waals surface area contributed by atoms with Crippen LogP contribution in [0.2, 0.25) is 0 Å². The number of alkyl halides is 2. The van der Waals surface area contributed by atoms with Crippen LogP contribution >= 0.6 is 0 Å². The molecule has 126 valence electrons. The fraction of sp³-hybridized carbons (Fsp3) is 0.0625. The van der Waals surface area contributed by atoms with E-state index in [4.69, 9.17) is 5.73 Å². The lowest BCUT2D eigenvalue weighted by atomic mass is 10.1. The second-order valence-corrected chi connectivity index (χ2v) is 5.01. The summed E-state index contributed by atoms with van der Waals surface area (Å²) in [6.45, 7) is 0. The predicted molar refractivity (Wildman–Crippen MR) is 84.3 cm³/mol. The number of nitrogens with two attached hydrogens (primary N) is 1. The lowest BCUT2D eigenvalue weighted by Crippen LogP contribution is -2.30. The fourth-order valence-electron chi connectivity index (χ4n) is 2.15. The summed E-state index contributed by atoms with van der Waals surface area (Å²) in [4.78, 5) is 31.5. The summed E-state index contributed by atoms with van der Waals surface area (Å²) in [6, 6.07) is 6.90. The highest BCUT2D eigenvalue weighted by atomic mass is 19.3. The molecule has 9 heteroatoms. The number of aromatic nitrogens is 4. The third kappa shape index (κ3) is 3.25. The Bertz CT molecular complexity index is 972. The summed E-state index contributed by atoms with van der Waals surface area (Å²) in [7, 11) is 0. The number of carbonyl (C=O) groups excluding carboxylic acids is 1. The first-order valence-electron chi connectivity index (χ1n) is 7.06. The molecule has 0 aliphatic rings. The molecule has 7 nitrogen and oxygen atoms in total. The zero-order valence-corrected chi connectivity index (χ0v) is 12.6. The molecule has 0 bridgehead atoms. The largest absolute Gasteiger partial charge is 0.365 e. The summed E-state index contributed by atoms with van der Waals surface area (Å²) in [5, 5.41) is 4.16. The fourth-order valence-corrected chi connectivity index (χ4v) is 2.15. The van der Waals surface area contributed by atoms with Crippen LogP contribution in [0.4, 0.5) is 8.78 Å². The van der Waals surface area contributed by atoms with Gasteiger partial charge in [-0.1, -0.05) is 0 Å². The van der Waals surface area contributed by atoms with Gasteiger partial charge in [0.05, 0.1) is 17.6 Å². The van der Waals surface area contributed by atoms with Crippen LogP contribution in [-0.2, 0) is 0 Å². The van der Waals surface area contributed by atoms with Crippen LogP contribution in [-0.4, -0.2) is 25.7 Å². The van der Waals surface area contributed by atoms with Crippen LogP contribution in [0.1, 0.15) is 22.5 Å². The standard InChI is InChI=1S/C16H11F2N5O2/c17-14(18)12-4-3-9(7-21-12)13-6-11(15(19)24)16(25)23(22-13)10-2-1-5-20-8-10/h1-8,14H,(H2,19,24). The van der Waals surface area contributed by atoms with Crippen molar-refractivity contribution >= 4 is 5.91 Å². The quantitative estimate of drug-likeness (QED) is 0.777. The highest BCUT2D eigenvalue weighted by Crippen LogP contribution is 2.21. The minimum absolute atomic E-state index is 0.186. The topological polar surface area (TPSA) is 104 Å². The van der Waals surface area contributed by atoms with Crippen LogP contribution in [0.15, 0.2) is 53.7 Å². The van der Waals surface area contributed by atoms with E-state index in [9.17, 15) is 18.4 Å². The van der Waals surface area contributed by atoms with Gasteiger partial charge >= 0.3 is 0 Å². The smallest absolute Gasteiger partial charge is 0.284 e. The molecule has 0 fully saturated rings. The highest BCUT2D eigenvalue weighted by Gasteiger charge is 2.16. The van der Waals surface area contributed by atoms with Gasteiger partial charge < -0.3 is 5.73 Å². The first-order valence-corrected chi connectivity index (χ1v) is 7.06. The van der Waals surface area contributed by atoms with E-state index in [-0.39, 0.29) is 17.0 Å². The van der Waals surface area contributed by atoms with Gasteiger partial charge in [0.1, 0.15) is 11.3 Å². The molecule has 0 atom stereocenters. The zero-order valence-electron chi connectivity index (χ0n) is 12.6. The number of pyridine rings is 2. The molecule has 0 unspecified atom stereocenters. The highest BCUT2D eigenvalue weighted by molar-refractivity contribution is 5.93. The van der Waals surface area contributed by atoms with Gasteiger partial charge in [0.2, 0.25) is 0 Å². The van der Waals surface area contributed by atoms with Crippen molar-refractivity contribution in [3.8, 4) is 16.9 Å². The van der Waals surface area contributed by atoms with Crippen molar-refractivity contribution in [2.45, 2.75) is 6.43 Å². The minimum atomic E-state index is -2.70. The Morgan fingerprint density at radius 2 is 2.00 bits per heavy atom. The summed E-state index contributed by atoms with van der Waals surface area (Å²) in [5.74, 6) is -0.927. The molecule has 3 rings (SSSR count). The molecule has 0 aliphatic heterocycles. The van der Waals surface area contributed by atoms with E-state index in [2.05, 4.69) is 15.1 Å². The molecule has 25 heavy (non-hydrogen) atoms. The maximum Gasteiger partial charge on any atom is 0.284 e. The molecular formula is C16H11F2N5O2. The van der Waals surface area contributed by atoms with Gasteiger partial charge in [0.25, 0.3) is 17.9 Å². The maximum atomic E-state index is 12.6. The summed E-state index contributed by atoms with van der Waals surface area (Å²) < 4.78 is 26.2. The third-order valence-electron chi connectivity index (χ3n) is 3.37. The molecule has 0 radical (unpaired) electrons. The Kier molecular flexibility index (Phi) is 4.29. The van der Waals surface area contributed by atoms with Gasteiger partial charge in [-0.2, -0.15) is 9.78 Å². The number of rotatable bonds is 4. The molecule has 3 aromatic rings. The summed E-state index contributed by atoms with van der Waals surface area (Å²) in [6.07, 6.45) is 1.39. The van der Waals surface area contributed by atoms with Gasteiger partial charge in [-0.25, -0.2) is 8.78 Å². The van der Waals surface area contributed by atoms with Crippen LogP contribution in [0.25, 0.3) is 16.9 Å². The van der Waals surface area contributed by atoms with Crippen LogP contribution < -0.4 is 11.3 Å². The number of amides is 1. The van der Waals surface area contributed by atoms with Crippen molar-refractivity contribution in [1.29, 1.82) is 0 Å². The van der Waals surface area contributed by atoms with Gasteiger partial charge in [0.15, 0.2) is 0 Å². The van der Waals surface area contributed by atoms with E-state index in [0.29, 0.717) is 11.3 Å². The van der Waals surface area contributed by atoms with Crippen molar-refractivity contribution in [3.05, 3.63) is 70.5 Å². The summed E-state index contributed by atoms with van der Waals surface area (Å²) >= 11 is 0. The van der Waals surface area contributed by atoms with E-state index in [1.807, 2.05) is 0 Å². The molecule has 0 aromatic carbocycles.